The number of nitrogens with zero attached hydrogens (tertiary/aromatic N) is 1. The third-order valence-electron chi connectivity index (χ3n) is 1.11. The molecule has 0 fully saturated rings. The smallest absolute Gasteiger partial charge is 0.389 e. The van der Waals surface area contributed by atoms with E-state index in [0.29, 0.717) is 19.1 Å². The number of unbranched alkanes of at least 4 members (excludes halogenated alkanes) is 1. The van der Waals surface area contributed by atoms with Crippen LogP contribution in [-0.4, -0.2) is 13.5 Å². The summed E-state index contributed by atoms with van der Waals surface area (Å²) < 4.78 is 5.14. The maximum Gasteiger partial charge on any atom is 0.389 e. The molecule has 0 unspecified atom stereocenters. The van der Waals surface area contributed by atoms with Gasteiger partial charge in [-0.15, -0.1) is 22.2 Å². The van der Waals surface area contributed by atoms with Crippen molar-refractivity contribution >= 4 is 29.1 Å². The third kappa shape index (κ3) is 6.64. The van der Waals surface area contributed by atoms with Crippen LogP contribution in [-0.2, 0) is 4.43 Å². The van der Waals surface area contributed by atoms with Gasteiger partial charge in [0.25, 0.3) is 0 Å². The molecule has 0 aromatic heterocycles. The van der Waals surface area contributed by atoms with E-state index in [-0.39, 0.29) is 0 Å². The molecule has 0 aliphatic carbocycles. The van der Waals surface area contributed by atoms with Crippen molar-refractivity contribution in [2.75, 3.05) is 6.61 Å². The molecule has 11 heavy (non-hydrogen) atoms. The molecule has 0 aromatic rings. The minimum Gasteiger partial charge on any atom is -0.393 e. The average molecular weight is 212 g/mol. The third-order valence-corrected chi connectivity index (χ3v) is 4.55. The second-order valence-electron chi connectivity index (χ2n) is 2.08. The van der Waals surface area contributed by atoms with Crippen LogP contribution in [0.25, 0.3) is 0 Å². The van der Waals surface area contributed by atoms with Crippen molar-refractivity contribution in [1.29, 1.82) is 5.26 Å². The molecular formula is C6H11Cl2NOSi. The van der Waals surface area contributed by atoms with Crippen molar-refractivity contribution in [1.82, 2.24) is 0 Å². The molecule has 0 spiro atoms. The lowest BCUT2D eigenvalue weighted by molar-refractivity contribution is 0.347. The van der Waals surface area contributed by atoms with Gasteiger partial charge in [0, 0.05) is 13.0 Å². The van der Waals surface area contributed by atoms with Crippen molar-refractivity contribution in [2.45, 2.75) is 25.8 Å². The molecule has 64 valence electrons. The predicted octanol–water partition coefficient (Wildman–Crippen LogP) is 2.74. The lowest BCUT2D eigenvalue weighted by Gasteiger charge is -2.14. The van der Waals surface area contributed by atoms with Crippen molar-refractivity contribution < 1.29 is 4.43 Å². The Morgan fingerprint density at radius 2 is 2.18 bits per heavy atom. The van der Waals surface area contributed by atoms with Crippen LogP contribution in [0.4, 0.5) is 0 Å². The van der Waals surface area contributed by atoms with E-state index in [9.17, 15) is 0 Å². The summed E-state index contributed by atoms with van der Waals surface area (Å²) in [5, 5.41) is 8.23. The minimum atomic E-state index is -2.45. The van der Waals surface area contributed by atoms with Crippen molar-refractivity contribution in [3.63, 3.8) is 0 Å². The lowest BCUT2D eigenvalue weighted by Crippen LogP contribution is -2.23. The van der Waals surface area contributed by atoms with E-state index in [0.717, 1.165) is 6.42 Å². The maximum absolute atomic E-state index is 8.23. The van der Waals surface area contributed by atoms with Crippen molar-refractivity contribution in [3.05, 3.63) is 0 Å². The Labute approximate surface area is 77.6 Å². The molecule has 0 saturated carbocycles. The van der Waals surface area contributed by atoms with Gasteiger partial charge in [-0.25, -0.2) is 0 Å². The topological polar surface area (TPSA) is 33.0 Å². The van der Waals surface area contributed by atoms with Gasteiger partial charge in [0.1, 0.15) is 0 Å². The van der Waals surface area contributed by atoms with Gasteiger partial charge in [0.2, 0.25) is 0 Å². The Balaban J connectivity index is 3.48. The molecule has 0 bridgehead atoms. The number of nitriles is 1. The van der Waals surface area contributed by atoms with E-state index in [1.54, 1.807) is 0 Å². The summed E-state index contributed by atoms with van der Waals surface area (Å²) in [6.07, 6.45) is 1.23. The van der Waals surface area contributed by atoms with E-state index in [1.807, 2.05) is 13.0 Å². The predicted molar refractivity (Wildman–Crippen MR) is 48.7 cm³/mol. The molecule has 0 amide bonds. The Morgan fingerprint density at radius 3 is 2.64 bits per heavy atom. The molecule has 0 N–H and O–H groups in total. The fraction of sp³-hybridized carbons (Fsp3) is 0.833. The maximum atomic E-state index is 8.23. The quantitative estimate of drug-likeness (QED) is 0.398. The first kappa shape index (κ1) is 11.2. The largest absolute Gasteiger partial charge is 0.393 e. The molecular weight excluding hydrogens is 201 g/mol. The first-order chi connectivity index (χ1) is 5.12. The molecule has 2 nitrogen and oxygen atoms in total. The van der Waals surface area contributed by atoms with Crippen LogP contribution in [0.15, 0.2) is 0 Å². The molecule has 0 heterocycles. The fourth-order valence-corrected chi connectivity index (χ4v) is 3.27. The van der Waals surface area contributed by atoms with Gasteiger partial charge >= 0.3 is 6.94 Å². The monoisotopic (exact) mass is 211 g/mol. The summed E-state index contributed by atoms with van der Waals surface area (Å²) >= 11 is 11.7. The van der Waals surface area contributed by atoms with E-state index in [4.69, 9.17) is 31.8 Å². The van der Waals surface area contributed by atoms with E-state index < -0.39 is 6.94 Å². The lowest BCUT2D eigenvalue weighted by atomic mass is 10.4. The van der Waals surface area contributed by atoms with Crippen LogP contribution >= 0.6 is 22.2 Å². The van der Waals surface area contributed by atoms with Crippen molar-refractivity contribution in [3.8, 4) is 6.07 Å². The van der Waals surface area contributed by atoms with Crippen molar-refractivity contribution in [2.24, 2.45) is 0 Å². The Morgan fingerprint density at radius 1 is 1.55 bits per heavy atom. The van der Waals surface area contributed by atoms with Crippen LogP contribution in [0.3, 0.4) is 0 Å². The van der Waals surface area contributed by atoms with Gasteiger partial charge in [-0.3, -0.25) is 0 Å². The van der Waals surface area contributed by atoms with Gasteiger partial charge < -0.3 is 4.43 Å². The summed E-state index contributed by atoms with van der Waals surface area (Å²) in [5.74, 6) is 0. The number of halogens is 2. The summed E-state index contributed by atoms with van der Waals surface area (Å²) in [4.78, 5) is 0. The second kappa shape index (κ2) is 5.84. The van der Waals surface area contributed by atoms with Gasteiger partial charge in [-0.05, 0) is 19.4 Å². The van der Waals surface area contributed by atoms with E-state index >= 15 is 0 Å². The average Bonchev–Trinajstić information content (AvgIpc) is 1.87. The SMILES string of the molecule is CCO[Si](Cl)(Cl)CCCC#N. The minimum absolute atomic E-state index is 0.501. The highest BCUT2D eigenvalue weighted by Gasteiger charge is 2.28. The molecule has 0 saturated heterocycles. The highest BCUT2D eigenvalue weighted by Crippen LogP contribution is 2.23. The molecule has 0 rings (SSSR count). The molecule has 0 aromatic carbocycles. The van der Waals surface area contributed by atoms with Crippen LogP contribution in [0.5, 0.6) is 0 Å². The fourth-order valence-electron chi connectivity index (χ4n) is 0.657. The van der Waals surface area contributed by atoms with E-state index in [2.05, 4.69) is 0 Å². The molecule has 0 aliphatic heterocycles. The molecule has 0 aliphatic rings. The zero-order valence-corrected chi connectivity index (χ0v) is 8.95. The summed E-state index contributed by atoms with van der Waals surface area (Å²) in [6, 6.07) is 2.67. The van der Waals surface area contributed by atoms with Crippen LogP contribution in [0.2, 0.25) is 6.04 Å². The molecule has 5 heteroatoms. The van der Waals surface area contributed by atoms with Gasteiger partial charge in [-0.2, -0.15) is 5.26 Å². The molecule has 0 radical (unpaired) electrons. The zero-order valence-electron chi connectivity index (χ0n) is 6.44. The van der Waals surface area contributed by atoms with E-state index in [1.165, 1.54) is 0 Å². The second-order valence-corrected chi connectivity index (χ2v) is 8.39. The normalized spacial score (nSPS) is 11.1. The summed E-state index contributed by atoms with van der Waals surface area (Å²) in [5.41, 5.74) is 0. The zero-order chi connectivity index (χ0) is 8.74. The highest BCUT2D eigenvalue weighted by molar-refractivity contribution is 7.42. The first-order valence-corrected chi connectivity index (χ1v) is 7.65. The summed E-state index contributed by atoms with van der Waals surface area (Å²) in [6.45, 7) is -0.0419. The first-order valence-electron chi connectivity index (χ1n) is 3.51. The molecule has 0 atom stereocenters. The van der Waals surface area contributed by atoms with Gasteiger partial charge in [0.15, 0.2) is 0 Å². The number of hydrogen-bond acceptors (Lipinski definition) is 2. The Hall–Kier alpha value is 0.247. The van der Waals surface area contributed by atoms with Crippen LogP contribution in [0.1, 0.15) is 19.8 Å². The number of rotatable bonds is 5. The standard InChI is InChI=1S/C6H11Cl2NOSi/c1-2-10-11(7,8)6-4-3-5-9/h2-4,6H2,1H3. The summed E-state index contributed by atoms with van der Waals surface area (Å²) in [7, 11) is 0. The van der Waals surface area contributed by atoms with Crippen LogP contribution in [0, 0.1) is 11.3 Å². The highest BCUT2D eigenvalue weighted by atomic mass is 35.7. The Bertz CT molecular complexity index is 146. The van der Waals surface area contributed by atoms with Gasteiger partial charge in [-0.1, -0.05) is 0 Å². The number of hydrogen-bond donors (Lipinski definition) is 0. The van der Waals surface area contributed by atoms with Crippen LogP contribution < -0.4 is 0 Å². The Kier molecular flexibility index (Phi) is 5.97. The van der Waals surface area contributed by atoms with Gasteiger partial charge in [0.05, 0.1) is 6.07 Å².